The van der Waals surface area contributed by atoms with Crippen LogP contribution in [0.3, 0.4) is 0 Å². The van der Waals surface area contributed by atoms with E-state index < -0.39 is 0 Å². The molecule has 156 valence electrons. The highest BCUT2D eigenvalue weighted by Crippen LogP contribution is 2.29. The van der Waals surface area contributed by atoms with Gasteiger partial charge in [-0.15, -0.1) is 5.10 Å². The molecule has 3 aromatic rings. The summed E-state index contributed by atoms with van der Waals surface area (Å²) < 4.78 is 1.95. The standard InChI is InChI=1S/C24H30N6/c1-20(2)30-24(25-26-27-30)23(22-13-7-4-8-14-22)29-18-16-28(17-19-29)15-9-12-21-10-5-3-6-11-21/h3-14,20,23H,15-19H2,1-2H3/b12-9+/t23-/m1/s1. The van der Waals surface area contributed by atoms with E-state index in [2.05, 4.69) is 112 Å². The molecule has 1 saturated heterocycles. The maximum absolute atomic E-state index is 4.43. The molecular weight excluding hydrogens is 372 g/mol. The predicted octanol–water partition coefficient (Wildman–Crippen LogP) is 3.67. The summed E-state index contributed by atoms with van der Waals surface area (Å²) in [6, 6.07) is 21.4. The van der Waals surface area contributed by atoms with Gasteiger partial charge in [-0.3, -0.25) is 9.80 Å². The number of benzene rings is 2. The smallest absolute Gasteiger partial charge is 0.173 e. The molecule has 1 aliphatic heterocycles. The maximum atomic E-state index is 4.43. The van der Waals surface area contributed by atoms with E-state index in [4.69, 9.17) is 0 Å². The van der Waals surface area contributed by atoms with Crippen LogP contribution in [0, 0.1) is 0 Å². The molecule has 0 N–H and O–H groups in total. The normalized spacial score (nSPS) is 17.0. The summed E-state index contributed by atoms with van der Waals surface area (Å²) in [5.41, 5.74) is 2.49. The lowest BCUT2D eigenvalue weighted by Gasteiger charge is -2.38. The Balaban J connectivity index is 1.45. The Morgan fingerprint density at radius 1 is 0.900 bits per heavy atom. The molecule has 0 amide bonds. The van der Waals surface area contributed by atoms with Gasteiger partial charge in [0.05, 0.1) is 12.1 Å². The van der Waals surface area contributed by atoms with Crippen molar-refractivity contribution in [3.05, 3.63) is 83.7 Å². The Morgan fingerprint density at radius 2 is 1.57 bits per heavy atom. The van der Waals surface area contributed by atoms with E-state index >= 15 is 0 Å². The van der Waals surface area contributed by atoms with Gasteiger partial charge < -0.3 is 0 Å². The van der Waals surface area contributed by atoms with E-state index in [1.165, 1.54) is 11.1 Å². The van der Waals surface area contributed by atoms with Crippen molar-refractivity contribution >= 4 is 6.08 Å². The molecule has 1 atom stereocenters. The third-order valence-electron chi connectivity index (χ3n) is 5.61. The molecule has 2 aromatic carbocycles. The molecule has 0 saturated carbocycles. The molecule has 30 heavy (non-hydrogen) atoms. The Labute approximate surface area is 178 Å². The van der Waals surface area contributed by atoms with Crippen LogP contribution in [-0.2, 0) is 0 Å². The monoisotopic (exact) mass is 402 g/mol. The third kappa shape index (κ3) is 4.83. The Hall–Kier alpha value is -2.83. The number of rotatable bonds is 7. The molecule has 1 aliphatic rings. The summed E-state index contributed by atoms with van der Waals surface area (Å²) in [5.74, 6) is 0.925. The number of hydrogen-bond acceptors (Lipinski definition) is 5. The lowest BCUT2D eigenvalue weighted by atomic mass is 10.0. The average molecular weight is 403 g/mol. The third-order valence-corrected chi connectivity index (χ3v) is 5.61. The average Bonchev–Trinajstić information content (AvgIpc) is 3.26. The molecule has 0 radical (unpaired) electrons. The second-order valence-electron chi connectivity index (χ2n) is 8.04. The van der Waals surface area contributed by atoms with Crippen LogP contribution < -0.4 is 0 Å². The maximum Gasteiger partial charge on any atom is 0.173 e. The number of tetrazole rings is 1. The van der Waals surface area contributed by atoms with Gasteiger partial charge in [0.25, 0.3) is 0 Å². The zero-order chi connectivity index (χ0) is 20.8. The van der Waals surface area contributed by atoms with Crippen molar-refractivity contribution in [1.82, 2.24) is 30.0 Å². The van der Waals surface area contributed by atoms with E-state index in [1.54, 1.807) is 0 Å². The second kappa shape index (κ2) is 9.78. The number of nitrogens with zero attached hydrogens (tertiary/aromatic N) is 6. The fraction of sp³-hybridized carbons (Fsp3) is 0.375. The Bertz CT molecular complexity index is 927. The molecule has 0 spiro atoms. The van der Waals surface area contributed by atoms with E-state index in [0.29, 0.717) is 0 Å². The zero-order valence-electron chi connectivity index (χ0n) is 17.8. The molecule has 6 heteroatoms. The molecule has 1 aromatic heterocycles. The first-order chi connectivity index (χ1) is 14.7. The highest BCUT2D eigenvalue weighted by Gasteiger charge is 2.30. The minimum atomic E-state index is 0.0746. The Kier molecular flexibility index (Phi) is 6.67. The lowest BCUT2D eigenvalue weighted by molar-refractivity contribution is 0.112. The molecular formula is C24H30N6. The molecule has 0 aliphatic carbocycles. The largest absolute Gasteiger partial charge is 0.297 e. The van der Waals surface area contributed by atoms with Crippen molar-refractivity contribution in [2.75, 3.05) is 32.7 Å². The Morgan fingerprint density at radius 3 is 2.23 bits per heavy atom. The number of piperazine rings is 1. The van der Waals surface area contributed by atoms with Gasteiger partial charge in [0.1, 0.15) is 0 Å². The minimum absolute atomic E-state index is 0.0746. The first-order valence-corrected chi connectivity index (χ1v) is 10.7. The SMILES string of the molecule is CC(C)n1nnnc1[C@@H](c1ccccc1)N1CCN(C/C=C/c2ccccc2)CC1. The van der Waals surface area contributed by atoms with Crippen LogP contribution in [0.5, 0.6) is 0 Å². The van der Waals surface area contributed by atoms with E-state index in [1.807, 2.05) is 4.68 Å². The minimum Gasteiger partial charge on any atom is -0.297 e. The van der Waals surface area contributed by atoms with Crippen LogP contribution in [0.4, 0.5) is 0 Å². The molecule has 2 heterocycles. The van der Waals surface area contributed by atoms with Crippen LogP contribution in [0.1, 0.15) is 42.9 Å². The van der Waals surface area contributed by atoms with Gasteiger partial charge in [0, 0.05) is 32.7 Å². The van der Waals surface area contributed by atoms with Crippen LogP contribution in [0.25, 0.3) is 6.08 Å². The molecule has 4 rings (SSSR count). The van der Waals surface area contributed by atoms with Crippen LogP contribution in [0.2, 0.25) is 0 Å². The second-order valence-corrected chi connectivity index (χ2v) is 8.04. The fourth-order valence-electron chi connectivity index (χ4n) is 4.01. The van der Waals surface area contributed by atoms with Crippen molar-refractivity contribution in [3.63, 3.8) is 0 Å². The van der Waals surface area contributed by atoms with Gasteiger partial charge in [-0.2, -0.15) is 0 Å². The van der Waals surface area contributed by atoms with Crippen molar-refractivity contribution < 1.29 is 0 Å². The van der Waals surface area contributed by atoms with Gasteiger partial charge in [0.2, 0.25) is 0 Å². The lowest BCUT2D eigenvalue weighted by Crippen LogP contribution is -2.48. The quantitative estimate of drug-likeness (QED) is 0.603. The van der Waals surface area contributed by atoms with Crippen LogP contribution in [0.15, 0.2) is 66.7 Å². The number of hydrogen-bond donors (Lipinski definition) is 0. The summed E-state index contributed by atoms with van der Waals surface area (Å²) in [5, 5.41) is 12.7. The molecule has 0 bridgehead atoms. The predicted molar refractivity (Wildman–Crippen MR) is 120 cm³/mol. The van der Waals surface area contributed by atoms with Gasteiger partial charge >= 0.3 is 0 Å². The van der Waals surface area contributed by atoms with Crippen molar-refractivity contribution in [2.45, 2.75) is 25.9 Å². The summed E-state index contributed by atoms with van der Waals surface area (Å²) in [7, 11) is 0. The summed E-state index contributed by atoms with van der Waals surface area (Å²) in [6.07, 6.45) is 4.47. The van der Waals surface area contributed by atoms with Crippen molar-refractivity contribution in [3.8, 4) is 0 Å². The molecule has 1 fully saturated rings. The van der Waals surface area contributed by atoms with Crippen LogP contribution >= 0.6 is 0 Å². The van der Waals surface area contributed by atoms with E-state index in [9.17, 15) is 0 Å². The van der Waals surface area contributed by atoms with E-state index in [0.717, 1.165) is 38.5 Å². The highest BCUT2D eigenvalue weighted by atomic mass is 15.6. The van der Waals surface area contributed by atoms with Crippen molar-refractivity contribution in [1.29, 1.82) is 0 Å². The zero-order valence-corrected chi connectivity index (χ0v) is 17.8. The molecule has 6 nitrogen and oxygen atoms in total. The first-order valence-electron chi connectivity index (χ1n) is 10.7. The van der Waals surface area contributed by atoms with Gasteiger partial charge in [-0.1, -0.05) is 72.8 Å². The van der Waals surface area contributed by atoms with Crippen molar-refractivity contribution in [2.24, 2.45) is 0 Å². The molecule has 0 unspecified atom stereocenters. The van der Waals surface area contributed by atoms with Gasteiger partial charge in [-0.05, 0) is 35.4 Å². The topological polar surface area (TPSA) is 50.1 Å². The number of aromatic nitrogens is 4. The van der Waals surface area contributed by atoms with Gasteiger partial charge in [0.15, 0.2) is 5.82 Å². The fourth-order valence-corrected chi connectivity index (χ4v) is 4.01. The van der Waals surface area contributed by atoms with E-state index in [-0.39, 0.29) is 12.1 Å². The highest BCUT2D eigenvalue weighted by molar-refractivity contribution is 5.48. The first kappa shape index (κ1) is 20.4. The summed E-state index contributed by atoms with van der Waals surface area (Å²) in [4.78, 5) is 5.01. The van der Waals surface area contributed by atoms with Gasteiger partial charge in [-0.25, -0.2) is 4.68 Å². The summed E-state index contributed by atoms with van der Waals surface area (Å²) in [6.45, 7) is 9.27. The summed E-state index contributed by atoms with van der Waals surface area (Å²) >= 11 is 0. The van der Waals surface area contributed by atoms with Crippen LogP contribution in [-0.4, -0.2) is 62.7 Å².